The second kappa shape index (κ2) is 13.0. The standard InChI is InChI=1S/C35H41FN6O3/c1-35(2,3)45-34(44)40-30-20-23(9-15-38-30)22-41-16-10-25(11-17-41)33(43)42-18-12-24(13-19-42)31-27-8-7-26(36)21-29(27)39-32(31)28-6-4-5-14-37-28/h4-9,14-15,20-21,24-25,39H,10-13,16-19,22H2,1-3H3,(H,38,40,44). The first-order valence-corrected chi connectivity index (χ1v) is 15.8. The van der Waals surface area contributed by atoms with Crippen molar-refractivity contribution in [1.82, 2.24) is 24.8 Å². The van der Waals surface area contributed by atoms with E-state index in [9.17, 15) is 14.0 Å². The van der Waals surface area contributed by atoms with Crippen molar-refractivity contribution in [2.45, 2.75) is 64.5 Å². The molecule has 0 spiro atoms. The quantitative estimate of drug-likeness (QED) is 0.250. The molecule has 3 aromatic heterocycles. The van der Waals surface area contributed by atoms with Crippen molar-refractivity contribution < 1.29 is 18.7 Å². The molecule has 0 bridgehead atoms. The van der Waals surface area contributed by atoms with E-state index in [0.717, 1.165) is 73.2 Å². The fourth-order valence-electron chi connectivity index (χ4n) is 6.62. The number of amides is 2. The average molecular weight is 613 g/mol. The van der Waals surface area contributed by atoms with Crippen molar-refractivity contribution >= 4 is 28.7 Å². The van der Waals surface area contributed by atoms with Crippen molar-refractivity contribution in [3.8, 4) is 11.4 Å². The number of aromatic amines is 1. The zero-order chi connectivity index (χ0) is 31.6. The molecule has 0 atom stereocenters. The minimum absolute atomic E-state index is 0.0276. The number of carbonyl (C=O) groups is 2. The van der Waals surface area contributed by atoms with Crippen LogP contribution in [-0.4, -0.2) is 68.5 Å². The van der Waals surface area contributed by atoms with E-state index in [0.29, 0.717) is 18.9 Å². The summed E-state index contributed by atoms with van der Waals surface area (Å²) in [4.78, 5) is 42.4. The molecule has 2 saturated heterocycles. The maximum absolute atomic E-state index is 14.1. The van der Waals surface area contributed by atoms with Crippen LogP contribution >= 0.6 is 0 Å². The molecule has 1 aromatic carbocycles. The lowest BCUT2D eigenvalue weighted by Crippen LogP contribution is -2.45. The van der Waals surface area contributed by atoms with Crippen LogP contribution in [0.5, 0.6) is 0 Å². The molecule has 2 aliphatic rings. The predicted molar refractivity (Wildman–Crippen MR) is 172 cm³/mol. The number of ether oxygens (including phenoxy) is 1. The lowest BCUT2D eigenvalue weighted by atomic mass is 9.85. The van der Waals surface area contributed by atoms with E-state index >= 15 is 0 Å². The fraction of sp³-hybridized carbons (Fsp3) is 0.429. The molecule has 236 valence electrons. The minimum atomic E-state index is -0.581. The molecule has 2 amide bonds. The first-order valence-electron chi connectivity index (χ1n) is 15.8. The number of nitrogens with one attached hydrogen (secondary N) is 2. The lowest BCUT2D eigenvalue weighted by molar-refractivity contribution is -0.138. The maximum atomic E-state index is 14.1. The molecular weight excluding hydrogens is 571 g/mol. The van der Waals surface area contributed by atoms with Crippen LogP contribution in [0, 0.1) is 11.7 Å². The maximum Gasteiger partial charge on any atom is 0.413 e. The Bertz CT molecular complexity index is 1650. The fourth-order valence-corrected chi connectivity index (χ4v) is 6.62. The highest BCUT2D eigenvalue weighted by atomic mass is 19.1. The Morgan fingerprint density at radius 3 is 2.47 bits per heavy atom. The Labute approximate surface area is 263 Å². The second-order valence-electron chi connectivity index (χ2n) is 13.1. The zero-order valence-electron chi connectivity index (χ0n) is 26.2. The van der Waals surface area contributed by atoms with E-state index < -0.39 is 11.7 Å². The number of pyridine rings is 2. The van der Waals surface area contributed by atoms with Crippen LogP contribution in [0.3, 0.4) is 0 Å². The number of halogens is 1. The van der Waals surface area contributed by atoms with Crippen molar-refractivity contribution in [2.75, 3.05) is 31.5 Å². The summed E-state index contributed by atoms with van der Waals surface area (Å²) in [5, 5.41) is 3.73. The smallest absolute Gasteiger partial charge is 0.413 e. The van der Waals surface area contributed by atoms with E-state index in [4.69, 9.17) is 4.74 Å². The number of aromatic nitrogens is 3. The van der Waals surface area contributed by atoms with Gasteiger partial charge in [0.2, 0.25) is 5.91 Å². The third-order valence-electron chi connectivity index (χ3n) is 8.73. The van der Waals surface area contributed by atoms with Crippen molar-refractivity contribution in [2.24, 2.45) is 5.92 Å². The third-order valence-corrected chi connectivity index (χ3v) is 8.73. The molecule has 0 saturated carbocycles. The van der Waals surface area contributed by atoms with Crippen LogP contribution in [0.1, 0.15) is 63.5 Å². The van der Waals surface area contributed by atoms with E-state index in [-0.39, 0.29) is 23.6 Å². The number of benzene rings is 1. The Hall–Kier alpha value is -4.31. The van der Waals surface area contributed by atoms with Gasteiger partial charge in [-0.2, -0.15) is 0 Å². The summed E-state index contributed by atoms with van der Waals surface area (Å²) in [7, 11) is 0. The number of hydrogen-bond acceptors (Lipinski definition) is 6. The van der Waals surface area contributed by atoms with Gasteiger partial charge in [-0.1, -0.05) is 6.07 Å². The van der Waals surface area contributed by atoms with Gasteiger partial charge in [0.05, 0.1) is 11.4 Å². The molecule has 9 nitrogen and oxygen atoms in total. The van der Waals surface area contributed by atoms with Crippen molar-refractivity contribution in [3.63, 3.8) is 0 Å². The van der Waals surface area contributed by atoms with Gasteiger partial charge in [0.15, 0.2) is 0 Å². The summed E-state index contributed by atoms with van der Waals surface area (Å²) in [5.74, 6) is 0.728. The molecule has 0 aliphatic carbocycles. The molecule has 0 radical (unpaired) electrons. The summed E-state index contributed by atoms with van der Waals surface area (Å²) in [6, 6.07) is 14.6. The number of carbonyl (C=O) groups excluding carboxylic acids is 2. The largest absolute Gasteiger partial charge is 0.444 e. The van der Waals surface area contributed by atoms with E-state index in [1.165, 1.54) is 11.6 Å². The van der Waals surface area contributed by atoms with Gasteiger partial charge in [0.1, 0.15) is 17.2 Å². The van der Waals surface area contributed by atoms with E-state index in [2.05, 4.69) is 25.2 Å². The number of nitrogens with zero attached hydrogens (tertiary/aromatic N) is 4. The zero-order valence-corrected chi connectivity index (χ0v) is 26.2. The van der Waals surface area contributed by atoms with Gasteiger partial charge in [-0.25, -0.2) is 14.2 Å². The van der Waals surface area contributed by atoms with Crippen LogP contribution in [0.15, 0.2) is 60.9 Å². The molecule has 2 fully saturated rings. The van der Waals surface area contributed by atoms with Crippen LogP contribution in [0.2, 0.25) is 0 Å². The summed E-state index contributed by atoms with van der Waals surface area (Å²) in [5.41, 5.74) is 4.20. The lowest BCUT2D eigenvalue weighted by Gasteiger charge is -2.37. The van der Waals surface area contributed by atoms with E-state index in [1.54, 1.807) is 18.5 Å². The normalized spacial score (nSPS) is 17.0. The van der Waals surface area contributed by atoms with Gasteiger partial charge < -0.3 is 14.6 Å². The second-order valence-corrected chi connectivity index (χ2v) is 13.1. The highest BCUT2D eigenvalue weighted by molar-refractivity contribution is 5.91. The highest BCUT2D eigenvalue weighted by Crippen LogP contribution is 2.40. The van der Waals surface area contributed by atoms with Gasteiger partial charge in [0, 0.05) is 48.8 Å². The number of likely N-dealkylation sites (tertiary alicyclic amines) is 2. The average Bonchev–Trinajstić information content (AvgIpc) is 3.39. The first-order chi connectivity index (χ1) is 21.6. The SMILES string of the molecule is CC(C)(C)OC(=O)Nc1cc(CN2CCC(C(=O)N3CCC(c4c(-c5ccccn5)[nH]c5cc(F)ccc45)CC3)CC2)ccn1. The number of piperidine rings is 2. The van der Waals surface area contributed by atoms with E-state index in [1.807, 2.05) is 62.1 Å². The predicted octanol–water partition coefficient (Wildman–Crippen LogP) is 6.73. The molecule has 5 heterocycles. The van der Waals surface area contributed by atoms with Gasteiger partial charge >= 0.3 is 6.09 Å². The molecule has 0 unspecified atom stereocenters. The van der Waals surface area contributed by atoms with Gasteiger partial charge in [-0.15, -0.1) is 0 Å². The summed E-state index contributed by atoms with van der Waals surface area (Å²) in [6.45, 7) is 9.29. The number of fused-ring (bicyclic) bond motifs is 1. The Kier molecular flexibility index (Phi) is 8.85. The topological polar surface area (TPSA) is 103 Å². The van der Waals surface area contributed by atoms with Gasteiger partial charge in [0.25, 0.3) is 0 Å². The van der Waals surface area contributed by atoms with Crippen LogP contribution < -0.4 is 5.32 Å². The van der Waals surface area contributed by atoms with Crippen LogP contribution in [0.4, 0.5) is 15.0 Å². The number of hydrogen-bond donors (Lipinski definition) is 2. The van der Waals surface area contributed by atoms with Crippen molar-refractivity contribution in [1.29, 1.82) is 0 Å². The number of anilines is 1. The molecule has 6 rings (SSSR count). The summed E-state index contributed by atoms with van der Waals surface area (Å²) < 4.78 is 19.4. The minimum Gasteiger partial charge on any atom is -0.444 e. The molecule has 2 aliphatic heterocycles. The van der Waals surface area contributed by atoms with Crippen LogP contribution in [-0.2, 0) is 16.1 Å². The van der Waals surface area contributed by atoms with Crippen molar-refractivity contribution in [3.05, 3.63) is 77.9 Å². The number of rotatable bonds is 6. The Balaban J connectivity index is 1.03. The molecular formula is C35H41FN6O3. The number of H-pyrrole nitrogens is 1. The molecule has 45 heavy (non-hydrogen) atoms. The molecule has 2 N–H and O–H groups in total. The third kappa shape index (κ3) is 7.33. The Morgan fingerprint density at radius 2 is 1.76 bits per heavy atom. The first kappa shape index (κ1) is 30.7. The Morgan fingerprint density at radius 1 is 0.978 bits per heavy atom. The summed E-state index contributed by atoms with van der Waals surface area (Å²) >= 11 is 0. The van der Waals surface area contributed by atoms with Gasteiger partial charge in [-0.05, 0) is 119 Å². The summed E-state index contributed by atoms with van der Waals surface area (Å²) in [6.07, 6.45) is 6.30. The van der Waals surface area contributed by atoms with Crippen LogP contribution in [0.25, 0.3) is 22.3 Å². The molecule has 10 heteroatoms. The van der Waals surface area contributed by atoms with Gasteiger partial charge in [-0.3, -0.25) is 20.0 Å². The molecule has 4 aromatic rings. The highest BCUT2D eigenvalue weighted by Gasteiger charge is 2.33. The monoisotopic (exact) mass is 612 g/mol.